The van der Waals surface area contributed by atoms with Gasteiger partial charge in [0.25, 0.3) is 5.91 Å². The normalized spacial score (nSPS) is 18.1. The highest BCUT2D eigenvalue weighted by molar-refractivity contribution is 6.29. The van der Waals surface area contributed by atoms with Gasteiger partial charge in [0.2, 0.25) is 5.91 Å². The largest absolute Gasteiger partial charge is 0.490 e. The summed E-state index contributed by atoms with van der Waals surface area (Å²) in [6.07, 6.45) is 12.8. The number of nitrogens with one attached hydrogen (secondary N) is 2. The van der Waals surface area contributed by atoms with E-state index in [-0.39, 0.29) is 23.7 Å². The molecule has 0 saturated heterocycles. The van der Waals surface area contributed by atoms with E-state index < -0.39 is 24.0 Å². The number of methoxy groups -OCH3 is 1. The molecular weight excluding hydrogens is 496 g/mol. The summed E-state index contributed by atoms with van der Waals surface area (Å²) < 4.78 is 10.2. The molecule has 0 fully saturated rings. The fourth-order valence-corrected chi connectivity index (χ4v) is 3.21. The van der Waals surface area contributed by atoms with Gasteiger partial charge >= 0.3 is 5.97 Å². The van der Waals surface area contributed by atoms with Gasteiger partial charge in [-0.3, -0.25) is 9.59 Å². The first kappa shape index (κ1) is 31.7. The number of allylic oxidation sites excluding steroid dienone is 4. The molecule has 1 aliphatic rings. The molecule has 0 radical (unpaired) electrons. The van der Waals surface area contributed by atoms with E-state index in [0.717, 1.165) is 5.57 Å². The molecule has 1 rings (SSSR count). The van der Waals surface area contributed by atoms with Gasteiger partial charge in [-0.2, -0.15) is 0 Å². The Bertz CT molecular complexity index is 1010. The number of rotatable bonds is 12. The van der Waals surface area contributed by atoms with Crippen molar-refractivity contribution in [2.45, 2.75) is 71.6 Å². The van der Waals surface area contributed by atoms with Gasteiger partial charge in [0, 0.05) is 17.9 Å². The zero-order chi connectivity index (χ0) is 27.8. The SMILES string of the molecule is COC1=CC[C@@H](C/C=C(C)/C=C\C#CC(=O)NC(C(=O)N/C=C\CC(O)C/C=C(\C)Cl)C(C)C)OC1=O. The number of cyclic esters (lactones) is 1. The molecule has 1 aliphatic heterocycles. The summed E-state index contributed by atoms with van der Waals surface area (Å²) in [7, 11) is 1.43. The zero-order valence-electron chi connectivity index (χ0n) is 22.0. The Kier molecular flexibility index (Phi) is 14.8. The van der Waals surface area contributed by atoms with Crippen LogP contribution in [-0.4, -0.2) is 48.2 Å². The molecule has 37 heavy (non-hydrogen) atoms. The van der Waals surface area contributed by atoms with Gasteiger partial charge in [-0.15, -0.1) is 0 Å². The van der Waals surface area contributed by atoms with Crippen LogP contribution < -0.4 is 10.6 Å². The van der Waals surface area contributed by atoms with E-state index in [4.69, 9.17) is 21.1 Å². The first-order chi connectivity index (χ1) is 17.5. The van der Waals surface area contributed by atoms with Crippen molar-refractivity contribution >= 4 is 29.4 Å². The molecule has 3 N–H and O–H groups in total. The minimum Gasteiger partial charge on any atom is -0.490 e. The van der Waals surface area contributed by atoms with E-state index in [1.807, 2.05) is 26.8 Å². The van der Waals surface area contributed by atoms with E-state index in [9.17, 15) is 19.5 Å². The molecule has 3 atom stereocenters. The van der Waals surface area contributed by atoms with E-state index in [2.05, 4.69) is 22.5 Å². The standard InChI is InChI=1S/C28H37ClN2O6/c1-19(2)26(27(34)30-18-8-10-22(32)14-13-21(4)29)31-25(33)11-7-6-9-20(3)12-15-23-16-17-24(36-5)28(35)37-23/h6,8-9,12-13,17-19,22-23,26,32H,10,14-16H2,1-5H3,(H,30,34)(H,31,33)/b9-6-,18-8-,20-12+,21-13+/t22?,23-,26?/m1/s1. The molecule has 202 valence electrons. The van der Waals surface area contributed by atoms with Crippen LogP contribution in [0.2, 0.25) is 0 Å². The molecule has 2 unspecified atom stereocenters. The van der Waals surface area contributed by atoms with Crippen LogP contribution in [0.5, 0.6) is 0 Å². The van der Waals surface area contributed by atoms with Crippen LogP contribution in [0.15, 0.2) is 59.0 Å². The minimum atomic E-state index is -0.769. The summed E-state index contributed by atoms with van der Waals surface area (Å²) in [6.45, 7) is 7.24. The molecule has 0 aliphatic carbocycles. The second kappa shape index (κ2) is 17.2. The average molecular weight is 533 g/mol. The average Bonchev–Trinajstić information content (AvgIpc) is 2.84. The molecule has 0 aromatic carbocycles. The predicted octanol–water partition coefficient (Wildman–Crippen LogP) is 3.78. The lowest BCUT2D eigenvalue weighted by atomic mass is 10.0. The maximum Gasteiger partial charge on any atom is 0.373 e. The van der Waals surface area contributed by atoms with Crippen molar-refractivity contribution in [3.8, 4) is 11.8 Å². The molecule has 8 nitrogen and oxygen atoms in total. The van der Waals surface area contributed by atoms with Gasteiger partial charge in [0.15, 0.2) is 5.76 Å². The maximum atomic E-state index is 12.5. The van der Waals surface area contributed by atoms with Crippen molar-refractivity contribution in [2.75, 3.05) is 7.11 Å². The van der Waals surface area contributed by atoms with Crippen LogP contribution in [0.4, 0.5) is 0 Å². The molecule has 9 heteroatoms. The first-order valence-electron chi connectivity index (χ1n) is 12.1. The zero-order valence-corrected chi connectivity index (χ0v) is 22.8. The number of amides is 2. The number of carbonyl (C=O) groups excluding carboxylic acids is 3. The highest BCUT2D eigenvalue weighted by Crippen LogP contribution is 2.18. The van der Waals surface area contributed by atoms with Crippen LogP contribution >= 0.6 is 11.6 Å². The smallest absolute Gasteiger partial charge is 0.373 e. The Morgan fingerprint density at radius 3 is 2.65 bits per heavy atom. The number of aliphatic hydroxyl groups is 1. The quantitative estimate of drug-likeness (QED) is 0.200. The number of hydrogen-bond acceptors (Lipinski definition) is 6. The number of esters is 1. The predicted molar refractivity (Wildman–Crippen MR) is 144 cm³/mol. The summed E-state index contributed by atoms with van der Waals surface area (Å²) in [5.41, 5.74) is 0.900. The lowest BCUT2D eigenvalue weighted by molar-refractivity contribution is -0.149. The van der Waals surface area contributed by atoms with Gasteiger partial charge in [0.1, 0.15) is 12.1 Å². The number of halogens is 1. The van der Waals surface area contributed by atoms with Crippen molar-refractivity contribution in [2.24, 2.45) is 5.92 Å². The van der Waals surface area contributed by atoms with Crippen molar-refractivity contribution < 1.29 is 29.0 Å². The van der Waals surface area contributed by atoms with E-state index in [1.165, 1.54) is 13.3 Å². The topological polar surface area (TPSA) is 114 Å². The van der Waals surface area contributed by atoms with Gasteiger partial charge in [-0.05, 0) is 56.9 Å². The minimum absolute atomic E-state index is 0.161. The molecule has 1 heterocycles. The van der Waals surface area contributed by atoms with Crippen molar-refractivity contribution in [1.82, 2.24) is 10.6 Å². The fraction of sp³-hybridized carbons (Fsp3) is 0.464. The molecule has 0 aromatic heterocycles. The third-order valence-electron chi connectivity index (χ3n) is 5.24. The second-order valence-electron chi connectivity index (χ2n) is 8.84. The number of ether oxygens (including phenoxy) is 2. The Labute approximate surface area is 224 Å². The number of carbonyl (C=O) groups is 3. The van der Waals surface area contributed by atoms with Gasteiger partial charge in [-0.25, -0.2) is 4.79 Å². The summed E-state index contributed by atoms with van der Waals surface area (Å²) in [5, 5.41) is 15.7. The fourth-order valence-electron chi connectivity index (χ4n) is 3.12. The summed E-state index contributed by atoms with van der Waals surface area (Å²) in [6, 6.07) is -0.769. The van der Waals surface area contributed by atoms with Crippen molar-refractivity contribution in [1.29, 1.82) is 0 Å². The van der Waals surface area contributed by atoms with Gasteiger partial charge < -0.3 is 25.2 Å². The monoisotopic (exact) mass is 532 g/mol. The number of aliphatic hydroxyl groups excluding tert-OH is 1. The van der Waals surface area contributed by atoms with Crippen LogP contribution in [0.3, 0.4) is 0 Å². The Balaban J connectivity index is 2.53. The van der Waals surface area contributed by atoms with Crippen molar-refractivity contribution in [3.05, 3.63) is 59.0 Å². The van der Waals surface area contributed by atoms with Crippen LogP contribution in [0.25, 0.3) is 0 Å². The number of hydrogen-bond donors (Lipinski definition) is 3. The highest BCUT2D eigenvalue weighted by Gasteiger charge is 2.23. The molecule has 0 bridgehead atoms. The molecular formula is C28H37ClN2O6. The van der Waals surface area contributed by atoms with E-state index in [1.54, 1.807) is 37.3 Å². The van der Waals surface area contributed by atoms with E-state index >= 15 is 0 Å². The Morgan fingerprint density at radius 1 is 1.30 bits per heavy atom. The summed E-state index contributed by atoms with van der Waals surface area (Å²) >= 11 is 5.74. The lowest BCUT2D eigenvalue weighted by Crippen LogP contribution is -2.48. The molecule has 0 saturated carbocycles. The maximum absolute atomic E-state index is 12.5. The Hall–Kier alpha value is -3.28. The second-order valence-corrected chi connectivity index (χ2v) is 9.44. The molecule has 0 spiro atoms. The van der Waals surface area contributed by atoms with E-state index in [0.29, 0.717) is 30.7 Å². The van der Waals surface area contributed by atoms with Gasteiger partial charge in [0.05, 0.1) is 13.2 Å². The molecule has 2 amide bonds. The van der Waals surface area contributed by atoms with Gasteiger partial charge in [-0.1, -0.05) is 61.2 Å². The van der Waals surface area contributed by atoms with Crippen molar-refractivity contribution in [3.63, 3.8) is 0 Å². The third kappa shape index (κ3) is 13.6. The summed E-state index contributed by atoms with van der Waals surface area (Å²) in [4.78, 5) is 36.4. The first-order valence-corrected chi connectivity index (χ1v) is 12.5. The third-order valence-corrected chi connectivity index (χ3v) is 5.39. The van der Waals surface area contributed by atoms with Crippen LogP contribution in [-0.2, 0) is 23.9 Å². The highest BCUT2D eigenvalue weighted by atomic mass is 35.5. The van der Waals surface area contributed by atoms with Crippen LogP contribution in [0.1, 0.15) is 53.4 Å². The Morgan fingerprint density at radius 2 is 2.03 bits per heavy atom. The van der Waals surface area contributed by atoms with Crippen LogP contribution in [0, 0.1) is 17.8 Å². The summed E-state index contributed by atoms with van der Waals surface area (Å²) in [5.74, 6) is 3.76. The lowest BCUT2D eigenvalue weighted by Gasteiger charge is -2.20. The molecule has 0 aromatic rings.